The molecular weight excluding hydrogens is 276 g/mol. The Morgan fingerprint density at radius 3 is 2.00 bits per heavy atom. The molecule has 2 saturated carbocycles. The van der Waals surface area contributed by atoms with Gasteiger partial charge in [0.2, 0.25) is 0 Å². The Morgan fingerprint density at radius 1 is 0.905 bits per heavy atom. The first-order chi connectivity index (χ1) is 9.86. The van der Waals surface area contributed by atoms with Crippen molar-refractivity contribution in [2.24, 2.45) is 17.3 Å². The summed E-state index contributed by atoms with van der Waals surface area (Å²) in [5, 5.41) is 0. The summed E-state index contributed by atoms with van der Waals surface area (Å²) < 4.78 is 12.5. The number of hydrogen-bond donors (Lipinski definition) is 0. The van der Waals surface area contributed by atoms with Crippen LogP contribution in [0.3, 0.4) is 0 Å². The van der Waals surface area contributed by atoms with Gasteiger partial charge in [-0.25, -0.2) is 0 Å². The summed E-state index contributed by atoms with van der Waals surface area (Å²) in [4.78, 5) is 0. The third-order valence-electron chi connectivity index (χ3n) is 6.77. The number of rotatable bonds is 4. The van der Waals surface area contributed by atoms with Gasteiger partial charge in [0.1, 0.15) is 0 Å². The van der Waals surface area contributed by atoms with E-state index in [0.29, 0.717) is 16.5 Å². The lowest BCUT2D eigenvalue weighted by Gasteiger charge is -2.49. The summed E-state index contributed by atoms with van der Waals surface area (Å²) in [7, 11) is 1.75. The van der Waals surface area contributed by atoms with Crippen LogP contribution in [0.1, 0.15) is 72.6 Å². The zero-order valence-electron chi connectivity index (χ0n) is 15.1. The molecule has 0 aliphatic heterocycles. The van der Waals surface area contributed by atoms with E-state index in [4.69, 9.17) is 8.85 Å². The number of hydrogen-bond acceptors (Lipinski definition) is 2. The predicted molar refractivity (Wildman–Crippen MR) is 91.7 cm³/mol. The molecule has 0 aromatic rings. The van der Waals surface area contributed by atoms with E-state index in [2.05, 4.69) is 27.7 Å². The van der Waals surface area contributed by atoms with Crippen LogP contribution in [0.2, 0.25) is 11.1 Å². The van der Waals surface area contributed by atoms with Gasteiger partial charge in [0.25, 0.3) is 0 Å². The minimum absolute atomic E-state index is 0.517. The van der Waals surface area contributed by atoms with E-state index in [0.717, 1.165) is 11.8 Å². The highest BCUT2D eigenvalue weighted by Gasteiger charge is 2.55. The fourth-order valence-electron chi connectivity index (χ4n) is 4.97. The minimum atomic E-state index is -2.11. The minimum Gasteiger partial charge on any atom is -0.397 e. The van der Waals surface area contributed by atoms with Crippen molar-refractivity contribution < 1.29 is 8.85 Å². The van der Waals surface area contributed by atoms with Crippen molar-refractivity contribution in [3.8, 4) is 0 Å². The maximum absolute atomic E-state index is 6.27. The average molecular weight is 313 g/mol. The van der Waals surface area contributed by atoms with E-state index >= 15 is 0 Å². The van der Waals surface area contributed by atoms with Gasteiger partial charge in [-0.15, -0.1) is 0 Å². The van der Waals surface area contributed by atoms with Gasteiger partial charge in [-0.1, -0.05) is 40.5 Å². The van der Waals surface area contributed by atoms with Crippen LogP contribution in [0, 0.1) is 17.3 Å². The summed E-state index contributed by atoms with van der Waals surface area (Å²) in [6.45, 7) is 9.70. The average Bonchev–Trinajstić information content (AvgIpc) is 2.46. The molecule has 124 valence electrons. The molecule has 3 unspecified atom stereocenters. The van der Waals surface area contributed by atoms with Gasteiger partial charge in [-0.3, -0.25) is 0 Å². The van der Waals surface area contributed by atoms with E-state index < -0.39 is 8.56 Å². The van der Waals surface area contributed by atoms with Gasteiger partial charge in [0.05, 0.1) is 0 Å². The van der Waals surface area contributed by atoms with Gasteiger partial charge >= 0.3 is 8.56 Å². The Balaban J connectivity index is 2.19. The van der Waals surface area contributed by atoms with Gasteiger partial charge in [-0.2, -0.15) is 0 Å². The Morgan fingerprint density at radius 2 is 1.48 bits per heavy atom. The Kier molecular flexibility index (Phi) is 5.59. The lowest BCUT2D eigenvalue weighted by molar-refractivity contribution is 0.144. The molecule has 0 aromatic heterocycles. The van der Waals surface area contributed by atoms with Crippen molar-refractivity contribution in [3.05, 3.63) is 0 Å². The first-order valence-corrected chi connectivity index (χ1v) is 10.9. The fourth-order valence-corrected chi connectivity index (χ4v) is 9.78. The molecule has 2 aliphatic rings. The maximum atomic E-state index is 6.27. The molecule has 0 radical (unpaired) electrons. The predicted octanol–water partition coefficient (Wildman–Crippen LogP) is 5.52. The highest BCUT2D eigenvalue weighted by Crippen LogP contribution is 2.54. The molecule has 2 nitrogen and oxygen atoms in total. The zero-order valence-corrected chi connectivity index (χ0v) is 16.1. The van der Waals surface area contributed by atoms with Crippen LogP contribution < -0.4 is 0 Å². The second-order valence-corrected chi connectivity index (χ2v) is 12.3. The Bertz CT molecular complexity index is 328. The van der Waals surface area contributed by atoms with E-state index in [-0.39, 0.29) is 0 Å². The van der Waals surface area contributed by atoms with Crippen LogP contribution in [0.5, 0.6) is 0 Å². The molecule has 2 aliphatic carbocycles. The highest BCUT2D eigenvalue weighted by atomic mass is 28.4. The third kappa shape index (κ3) is 3.40. The van der Waals surface area contributed by atoms with Crippen LogP contribution in [0.25, 0.3) is 0 Å². The lowest BCUT2D eigenvalue weighted by Crippen LogP contribution is -2.54. The molecular formula is C18H36O2Si. The fraction of sp³-hybridized carbons (Fsp3) is 1.00. The summed E-state index contributed by atoms with van der Waals surface area (Å²) in [5.41, 5.74) is 1.89. The first-order valence-electron chi connectivity index (χ1n) is 8.96. The topological polar surface area (TPSA) is 18.5 Å². The van der Waals surface area contributed by atoms with Crippen LogP contribution in [-0.4, -0.2) is 22.8 Å². The first kappa shape index (κ1) is 17.5. The standard InChI is InChI=1S/C18H36O2Si/c1-14-8-7-9-17(15(14)2)21(19-5,20-6)16-10-12-18(3,4)13-11-16/h14-17H,7-13H2,1-6H3. The summed E-state index contributed by atoms with van der Waals surface area (Å²) in [6.07, 6.45) is 9.32. The molecule has 0 spiro atoms. The zero-order chi connectivity index (χ0) is 15.7. The molecule has 0 N–H and O–H groups in total. The quantitative estimate of drug-likeness (QED) is 0.636. The van der Waals surface area contributed by atoms with Crippen molar-refractivity contribution in [1.82, 2.24) is 0 Å². The second-order valence-electron chi connectivity index (χ2n) is 8.44. The normalized spacial score (nSPS) is 34.9. The lowest BCUT2D eigenvalue weighted by atomic mass is 9.77. The van der Waals surface area contributed by atoms with Crippen molar-refractivity contribution in [2.45, 2.75) is 83.7 Å². The molecule has 0 aromatic carbocycles. The van der Waals surface area contributed by atoms with Crippen molar-refractivity contribution in [1.29, 1.82) is 0 Å². The summed E-state index contributed by atoms with van der Waals surface area (Å²) in [5.74, 6) is 1.57. The van der Waals surface area contributed by atoms with Gasteiger partial charge in [0.15, 0.2) is 0 Å². The monoisotopic (exact) mass is 312 g/mol. The van der Waals surface area contributed by atoms with E-state index in [1.807, 2.05) is 14.2 Å². The molecule has 0 amide bonds. The van der Waals surface area contributed by atoms with Crippen molar-refractivity contribution >= 4 is 8.56 Å². The van der Waals surface area contributed by atoms with Crippen molar-refractivity contribution in [3.63, 3.8) is 0 Å². The van der Waals surface area contributed by atoms with Gasteiger partial charge in [-0.05, 0) is 49.4 Å². The molecule has 3 heteroatoms. The maximum Gasteiger partial charge on any atom is 0.344 e. The van der Waals surface area contributed by atoms with Crippen LogP contribution in [0.4, 0.5) is 0 Å². The van der Waals surface area contributed by atoms with Crippen LogP contribution in [-0.2, 0) is 8.85 Å². The van der Waals surface area contributed by atoms with E-state index in [1.54, 1.807) is 0 Å². The van der Waals surface area contributed by atoms with E-state index in [9.17, 15) is 0 Å². The Hall–Kier alpha value is 0.137. The molecule has 21 heavy (non-hydrogen) atoms. The summed E-state index contributed by atoms with van der Waals surface area (Å²) >= 11 is 0. The van der Waals surface area contributed by atoms with Gasteiger partial charge in [0, 0.05) is 25.3 Å². The van der Waals surface area contributed by atoms with Crippen molar-refractivity contribution in [2.75, 3.05) is 14.2 Å². The third-order valence-corrected chi connectivity index (χ3v) is 11.6. The molecule has 0 heterocycles. The molecule has 2 fully saturated rings. The second kappa shape index (κ2) is 6.72. The highest BCUT2D eigenvalue weighted by molar-refractivity contribution is 6.70. The van der Waals surface area contributed by atoms with E-state index in [1.165, 1.54) is 44.9 Å². The molecule has 2 rings (SSSR count). The molecule has 0 saturated heterocycles. The smallest absolute Gasteiger partial charge is 0.344 e. The Labute approximate surface area is 133 Å². The largest absolute Gasteiger partial charge is 0.397 e. The van der Waals surface area contributed by atoms with Gasteiger partial charge < -0.3 is 8.85 Å². The SMILES string of the molecule is CO[Si](OC)(C1CCC(C)(C)CC1)C1CCCC(C)C1C. The molecule has 3 atom stereocenters. The molecule has 0 bridgehead atoms. The van der Waals surface area contributed by atoms with Crippen LogP contribution in [0.15, 0.2) is 0 Å². The summed E-state index contributed by atoms with van der Waals surface area (Å²) in [6, 6.07) is 0. The van der Waals surface area contributed by atoms with Crippen LogP contribution >= 0.6 is 0 Å².